The molecule has 0 aliphatic rings. The van der Waals surface area contributed by atoms with E-state index in [1.54, 1.807) is 13.8 Å². The maximum atomic E-state index is 12.0. The van der Waals surface area contributed by atoms with Gasteiger partial charge in [0.2, 0.25) is 10.0 Å². The quantitative estimate of drug-likeness (QED) is 0.635. The predicted molar refractivity (Wildman–Crippen MR) is 64.1 cm³/mol. The molecule has 0 aliphatic heterocycles. The fraction of sp³-hybridized carbons (Fsp3) is 0.875. The van der Waals surface area contributed by atoms with Crippen LogP contribution in [0.3, 0.4) is 0 Å². The van der Waals surface area contributed by atoms with Crippen LogP contribution in [0.5, 0.6) is 0 Å². The van der Waals surface area contributed by atoms with Gasteiger partial charge in [-0.3, -0.25) is 0 Å². The number of thiocarbonyl (C=S) groups is 1. The zero-order chi connectivity index (χ0) is 12.2. The Morgan fingerprint density at radius 2 is 2.07 bits per heavy atom. The number of likely N-dealkylation sites (N-methyl/N-ethyl adjacent to an activating group) is 1. The minimum absolute atomic E-state index is 0.0329. The lowest BCUT2D eigenvalue weighted by atomic mass is 10.3. The molecular weight excluding hydrogens is 236 g/mol. The van der Waals surface area contributed by atoms with Crippen molar-refractivity contribution >= 4 is 27.2 Å². The van der Waals surface area contributed by atoms with Gasteiger partial charge in [-0.05, 0) is 13.3 Å². The zero-order valence-electron chi connectivity index (χ0n) is 9.17. The fourth-order valence-corrected chi connectivity index (χ4v) is 3.34. The third kappa shape index (κ3) is 3.37. The van der Waals surface area contributed by atoms with Crippen molar-refractivity contribution in [3.63, 3.8) is 0 Å². The Morgan fingerprint density at radius 3 is 2.33 bits per heavy atom. The number of nitrogens with zero attached hydrogens (tertiary/aromatic N) is 1. The Bertz CT molecular complexity index is 316. The zero-order valence-corrected chi connectivity index (χ0v) is 10.8. The topological polar surface area (TPSA) is 83.6 Å². The van der Waals surface area contributed by atoms with E-state index in [0.717, 1.165) is 4.31 Å². The maximum absolute atomic E-state index is 12.0. The average Bonchev–Trinajstić information content (AvgIpc) is 2.15. The molecule has 0 aliphatic carbocycles. The average molecular weight is 254 g/mol. The van der Waals surface area contributed by atoms with Crippen LogP contribution in [0.15, 0.2) is 0 Å². The van der Waals surface area contributed by atoms with Crippen molar-refractivity contribution in [1.82, 2.24) is 4.31 Å². The first-order chi connectivity index (χ1) is 6.78. The molecule has 90 valence electrons. The summed E-state index contributed by atoms with van der Waals surface area (Å²) in [5.74, 6) is 0. The van der Waals surface area contributed by atoms with E-state index in [1.807, 2.05) is 0 Å². The van der Waals surface area contributed by atoms with Gasteiger partial charge in [-0.2, -0.15) is 4.31 Å². The first-order valence-corrected chi connectivity index (χ1v) is 6.57. The van der Waals surface area contributed by atoms with Crippen LogP contribution in [0.1, 0.15) is 20.3 Å². The summed E-state index contributed by atoms with van der Waals surface area (Å²) in [7, 11) is -2.14. The minimum atomic E-state index is -3.55. The van der Waals surface area contributed by atoms with Crippen molar-refractivity contribution in [2.24, 2.45) is 5.73 Å². The number of hydrogen-bond acceptors (Lipinski definition) is 4. The van der Waals surface area contributed by atoms with Gasteiger partial charge >= 0.3 is 0 Å². The van der Waals surface area contributed by atoms with Gasteiger partial charge in [0.1, 0.15) is 5.25 Å². The molecule has 2 unspecified atom stereocenters. The second-order valence-corrected chi connectivity index (χ2v) is 6.04. The molecule has 0 saturated carbocycles. The van der Waals surface area contributed by atoms with Crippen molar-refractivity contribution in [1.29, 1.82) is 0 Å². The SMILES string of the molecule is CCC(C(N)=S)S(=O)(=O)N(C)C(C)CO. The van der Waals surface area contributed by atoms with E-state index in [2.05, 4.69) is 0 Å². The summed E-state index contributed by atoms with van der Waals surface area (Å²) in [6.07, 6.45) is 0.333. The van der Waals surface area contributed by atoms with Crippen LogP contribution < -0.4 is 5.73 Å². The minimum Gasteiger partial charge on any atom is -0.395 e. The molecule has 0 aromatic heterocycles. The number of hydrogen-bond donors (Lipinski definition) is 2. The van der Waals surface area contributed by atoms with E-state index >= 15 is 0 Å². The predicted octanol–water partition coefficient (Wildman–Crippen LogP) is -0.306. The second-order valence-electron chi connectivity index (χ2n) is 3.39. The summed E-state index contributed by atoms with van der Waals surface area (Å²) in [6, 6.07) is -0.474. The summed E-state index contributed by atoms with van der Waals surface area (Å²) >= 11 is 4.72. The second kappa shape index (κ2) is 5.74. The third-order valence-corrected chi connectivity index (χ3v) is 5.24. The largest absolute Gasteiger partial charge is 0.395 e. The lowest BCUT2D eigenvalue weighted by Crippen LogP contribution is -2.46. The summed E-state index contributed by atoms with van der Waals surface area (Å²) in [5, 5.41) is 8.04. The van der Waals surface area contributed by atoms with Crippen LogP contribution in [0, 0.1) is 0 Å². The van der Waals surface area contributed by atoms with Gasteiger partial charge in [0.15, 0.2) is 0 Å². The highest BCUT2D eigenvalue weighted by atomic mass is 32.2. The van der Waals surface area contributed by atoms with Crippen LogP contribution in [-0.4, -0.2) is 47.8 Å². The van der Waals surface area contributed by atoms with Crippen LogP contribution in [0.25, 0.3) is 0 Å². The molecule has 3 N–H and O–H groups in total. The molecule has 0 saturated heterocycles. The number of aliphatic hydroxyl groups is 1. The Balaban J connectivity index is 5.03. The molecule has 0 heterocycles. The van der Waals surface area contributed by atoms with E-state index < -0.39 is 21.3 Å². The third-order valence-electron chi connectivity index (χ3n) is 2.33. The monoisotopic (exact) mass is 254 g/mol. The van der Waals surface area contributed by atoms with Gasteiger partial charge in [-0.25, -0.2) is 8.42 Å². The Hall–Kier alpha value is -0.240. The van der Waals surface area contributed by atoms with E-state index in [4.69, 9.17) is 23.1 Å². The Labute approximate surface area is 96.3 Å². The van der Waals surface area contributed by atoms with Crippen LogP contribution in [0.2, 0.25) is 0 Å². The van der Waals surface area contributed by atoms with Gasteiger partial charge in [0.05, 0.1) is 11.6 Å². The molecule has 0 aromatic rings. The highest BCUT2D eigenvalue weighted by Gasteiger charge is 2.32. The number of sulfonamides is 1. The molecular formula is C8H18N2O3S2. The van der Waals surface area contributed by atoms with E-state index in [0.29, 0.717) is 6.42 Å². The summed E-state index contributed by atoms with van der Waals surface area (Å²) in [5.41, 5.74) is 5.38. The van der Waals surface area contributed by atoms with Gasteiger partial charge in [-0.1, -0.05) is 19.1 Å². The first kappa shape index (κ1) is 14.8. The highest BCUT2D eigenvalue weighted by molar-refractivity contribution is 7.92. The summed E-state index contributed by atoms with van der Waals surface area (Å²) in [6.45, 7) is 3.09. The van der Waals surface area contributed by atoms with Crippen molar-refractivity contribution in [3.8, 4) is 0 Å². The van der Waals surface area contributed by atoms with Crippen molar-refractivity contribution in [3.05, 3.63) is 0 Å². The molecule has 15 heavy (non-hydrogen) atoms. The van der Waals surface area contributed by atoms with Crippen LogP contribution in [-0.2, 0) is 10.0 Å². The Morgan fingerprint density at radius 1 is 1.60 bits per heavy atom. The van der Waals surface area contributed by atoms with E-state index in [9.17, 15) is 8.42 Å². The van der Waals surface area contributed by atoms with Crippen LogP contribution >= 0.6 is 12.2 Å². The van der Waals surface area contributed by atoms with Gasteiger partial charge < -0.3 is 10.8 Å². The van der Waals surface area contributed by atoms with Crippen molar-refractivity contribution in [2.45, 2.75) is 31.6 Å². The molecule has 2 atom stereocenters. The number of rotatable bonds is 6. The fourth-order valence-electron chi connectivity index (χ4n) is 1.13. The smallest absolute Gasteiger partial charge is 0.223 e. The molecule has 0 amide bonds. The number of aliphatic hydroxyl groups excluding tert-OH is 1. The molecule has 0 aromatic carbocycles. The van der Waals surface area contributed by atoms with Crippen LogP contribution in [0.4, 0.5) is 0 Å². The van der Waals surface area contributed by atoms with Crippen molar-refractivity contribution < 1.29 is 13.5 Å². The Kier molecular flexibility index (Phi) is 5.65. The molecule has 0 fully saturated rings. The molecule has 5 nitrogen and oxygen atoms in total. The lowest BCUT2D eigenvalue weighted by molar-refractivity contribution is 0.213. The summed E-state index contributed by atoms with van der Waals surface area (Å²) in [4.78, 5) is -0.0329. The lowest BCUT2D eigenvalue weighted by Gasteiger charge is -2.26. The molecule has 0 spiro atoms. The molecule has 7 heteroatoms. The maximum Gasteiger partial charge on any atom is 0.223 e. The normalized spacial score (nSPS) is 16.3. The standard InChI is InChI=1S/C8H18N2O3S2/c1-4-7(8(9)14)15(12,13)10(3)6(2)5-11/h6-7,11H,4-5H2,1-3H3,(H2,9,14). The van der Waals surface area contributed by atoms with Gasteiger partial charge in [0, 0.05) is 13.1 Å². The molecule has 0 rings (SSSR count). The number of nitrogens with two attached hydrogens (primary N) is 1. The molecule has 0 radical (unpaired) electrons. The molecule has 0 bridgehead atoms. The van der Waals surface area contributed by atoms with Gasteiger partial charge in [-0.15, -0.1) is 0 Å². The first-order valence-electron chi connectivity index (χ1n) is 4.66. The van der Waals surface area contributed by atoms with Crippen molar-refractivity contribution in [2.75, 3.05) is 13.7 Å². The van der Waals surface area contributed by atoms with Gasteiger partial charge in [0.25, 0.3) is 0 Å². The highest BCUT2D eigenvalue weighted by Crippen LogP contribution is 2.13. The summed E-state index contributed by atoms with van der Waals surface area (Å²) < 4.78 is 25.0. The van der Waals surface area contributed by atoms with E-state index in [-0.39, 0.29) is 11.6 Å². The van der Waals surface area contributed by atoms with E-state index in [1.165, 1.54) is 7.05 Å².